The Bertz CT molecular complexity index is 500. The molecule has 5 heteroatoms. The third-order valence-corrected chi connectivity index (χ3v) is 4.58. The van der Waals surface area contributed by atoms with Crippen molar-refractivity contribution in [3.63, 3.8) is 0 Å². The number of halogens is 1. The van der Waals surface area contributed by atoms with E-state index in [0.717, 1.165) is 33.6 Å². The fraction of sp³-hybridized carbons (Fsp3) is 0.417. The van der Waals surface area contributed by atoms with Gasteiger partial charge in [0.05, 0.1) is 16.6 Å². The number of nitrogens with two attached hydrogens (primary N) is 1. The predicted molar refractivity (Wildman–Crippen MR) is 77.3 cm³/mol. The number of thiophene rings is 1. The summed E-state index contributed by atoms with van der Waals surface area (Å²) < 4.78 is 3.08. The maximum Gasteiger partial charge on any atom is 0.125 e. The van der Waals surface area contributed by atoms with Crippen molar-refractivity contribution in [2.45, 2.75) is 32.7 Å². The van der Waals surface area contributed by atoms with E-state index in [1.165, 1.54) is 0 Å². The molecule has 0 unspecified atom stereocenters. The van der Waals surface area contributed by atoms with Gasteiger partial charge in [-0.3, -0.25) is 4.68 Å². The summed E-state index contributed by atoms with van der Waals surface area (Å²) in [5.41, 5.74) is 7.69. The minimum Gasteiger partial charge on any atom is -0.396 e. The first-order valence-corrected chi connectivity index (χ1v) is 7.42. The van der Waals surface area contributed by atoms with E-state index in [4.69, 9.17) is 5.73 Å². The van der Waals surface area contributed by atoms with Crippen LogP contribution >= 0.6 is 27.3 Å². The van der Waals surface area contributed by atoms with Crippen LogP contribution in [-0.2, 0) is 0 Å². The molecule has 0 saturated heterocycles. The van der Waals surface area contributed by atoms with Gasteiger partial charge in [0, 0.05) is 16.0 Å². The predicted octanol–water partition coefficient (Wildman–Crippen LogP) is 4.32. The first-order chi connectivity index (χ1) is 8.15. The third kappa shape index (κ3) is 2.55. The molecule has 17 heavy (non-hydrogen) atoms. The van der Waals surface area contributed by atoms with Crippen LogP contribution in [0.25, 0.3) is 10.6 Å². The van der Waals surface area contributed by atoms with Gasteiger partial charge < -0.3 is 5.73 Å². The molecular formula is C12H16BrN3S. The maximum atomic E-state index is 6.04. The van der Waals surface area contributed by atoms with Crippen LogP contribution < -0.4 is 5.73 Å². The van der Waals surface area contributed by atoms with Gasteiger partial charge in [-0.25, -0.2) is 0 Å². The van der Waals surface area contributed by atoms with Crippen molar-refractivity contribution in [2.75, 3.05) is 5.73 Å². The largest absolute Gasteiger partial charge is 0.396 e. The lowest BCUT2D eigenvalue weighted by atomic mass is 10.2. The summed E-state index contributed by atoms with van der Waals surface area (Å²) in [6.45, 7) is 4.35. The fourth-order valence-electron chi connectivity index (χ4n) is 1.88. The topological polar surface area (TPSA) is 43.8 Å². The van der Waals surface area contributed by atoms with Crippen molar-refractivity contribution in [1.82, 2.24) is 9.78 Å². The maximum absolute atomic E-state index is 6.04. The molecule has 0 fully saturated rings. The SMILES string of the molecule is CCC(CC)n1cc(N)c(-c2cc(Br)cs2)n1. The highest BCUT2D eigenvalue weighted by Crippen LogP contribution is 2.33. The van der Waals surface area contributed by atoms with E-state index in [9.17, 15) is 0 Å². The molecule has 0 aromatic carbocycles. The molecule has 0 aliphatic heterocycles. The first-order valence-electron chi connectivity index (χ1n) is 5.74. The molecule has 0 spiro atoms. The molecule has 2 N–H and O–H groups in total. The standard InChI is InChI=1S/C12H16BrN3S/c1-3-9(4-2)16-6-10(14)12(15-16)11-5-8(13)7-17-11/h5-7,9H,3-4,14H2,1-2H3. The second kappa shape index (κ2) is 5.23. The molecule has 0 radical (unpaired) electrons. The fourth-order valence-corrected chi connectivity index (χ4v) is 3.32. The number of hydrogen-bond acceptors (Lipinski definition) is 3. The Morgan fingerprint density at radius 2 is 2.18 bits per heavy atom. The number of nitrogens with zero attached hydrogens (tertiary/aromatic N) is 2. The van der Waals surface area contributed by atoms with Gasteiger partial charge in [-0.2, -0.15) is 5.10 Å². The van der Waals surface area contributed by atoms with Crippen LogP contribution in [0.15, 0.2) is 22.1 Å². The molecule has 0 saturated carbocycles. The van der Waals surface area contributed by atoms with Gasteiger partial charge in [0.15, 0.2) is 0 Å². The molecule has 3 nitrogen and oxygen atoms in total. The average molecular weight is 314 g/mol. The smallest absolute Gasteiger partial charge is 0.125 e. The zero-order valence-electron chi connectivity index (χ0n) is 9.98. The van der Waals surface area contributed by atoms with Crippen molar-refractivity contribution in [3.8, 4) is 10.6 Å². The second-order valence-corrected chi connectivity index (χ2v) is 5.84. The summed E-state index contributed by atoms with van der Waals surface area (Å²) in [4.78, 5) is 1.11. The summed E-state index contributed by atoms with van der Waals surface area (Å²) in [7, 11) is 0. The summed E-state index contributed by atoms with van der Waals surface area (Å²) in [6.07, 6.45) is 4.09. The van der Waals surface area contributed by atoms with Gasteiger partial charge in [0.25, 0.3) is 0 Å². The monoisotopic (exact) mass is 313 g/mol. The molecule has 0 aliphatic rings. The highest BCUT2D eigenvalue weighted by Gasteiger charge is 2.14. The molecule has 2 aromatic rings. The number of nitrogen functional groups attached to an aromatic ring is 1. The van der Waals surface area contributed by atoms with Gasteiger partial charge >= 0.3 is 0 Å². The summed E-state index contributed by atoms with van der Waals surface area (Å²) in [6, 6.07) is 2.50. The minimum atomic E-state index is 0.439. The Balaban J connectivity index is 2.37. The Hall–Kier alpha value is -0.810. The molecule has 0 aliphatic carbocycles. The summed E-state index contributed by atoms with van der Waals surface area (Å²) >= 11 is 5.11. The lowest BCUT2D eigenvalue weighted by molar-refractivity contribution is 0.429. The Morgan fingerprint density at radius 3 is 2.71 bits per heavy atom. The van der Waals surface area contributed by atoms with E-state index in [1.54, 1.807) is 11.3 Å². The van der Waals surface area contributed by atoms with Gasteiger partial charge in [-0.15, -0.1) is 11.3 Å². The number of aromatic nitrogens is 2. The first kappa shape index (κ1) is 12.6. The van der Waals surface area contributed by atoms with Gasteiger partial charge in [0.1, 0.15) is 5.69 Å². The van der Waals surface area contributed by atoms with Crippen LogP contribution in [0.2, 0.25) is 0 Å². The molecule has 2 aromatic heterocycles. The van der Waals surface area contributed by atoms with Crippen LogP contribution in [0.4, 0.5) is 5.69 Å². The van der Waals surface area contributed by atoms with E-state index in [0.29, 0.717) is 6.04 Å². The third-order valence-electron chi connectivity index (χ3n) is 2.88. The Kier molecular flexibility index (Phi) is 3.89. The van der Waals surface area contributed by atoms with Crippen molar-refractivity contribution in [1.29, 1.82) is 0 Å². The lowest BCUT2D eigenvalue weighted by Crippen LogP contribution is -2.07. The molecule has 2 rings (SSSR count). The van der Waals surface area contributed by atoms with Crippen LogP contribution in [0, 0.1) is 0 Å². The minimum absolute atomic E-state index is 0.439. The normalized spacial score (nSPS) is 11.3. The van der Waals surface area contributed by atoms with Gasteiger partial charge in [-0.1, -0.05) is 13.8 Å². The zero-order chi connectivity index (χ0) is 12.4. The van der Waals surface area contributed by atoms with Crippen LogP contribution in [0.5, 0.6) is 0 Å². The number of rotatable bonds is 4. The van der Waals surface area contributed by atoms with Crippen LogP contribution in [0.3, 0.4) is 0 Å². The van der Waals surface area contributed by atoms with Crippen LogP contribution in [-0.4, -0.2) is 9.78 Å². The zero-order valence-corrected chi connectivity index (χ0v) is 12.4. The Morgan fingerprint density at radius 1 is 1.47 bits per heavy atom. The molecule has 0 atom stereocenters. The van der Waals surface area contributed by atoms with Crippen molar-refractivity contribution in [3.05, 3.63) is 22.1 Å². The summed E-state index contributed by atoms with van der Waals surface area (Å²) in [5.74, 6) is 0. The highest BCUT2D eigenvalue weighted by atomic mass is 79.9. The lowest BCUT2D eigenvalue weighted by Gasteiger charge is -2.12. The highest BCUT2D eigenvalue weighted by molar-refractivity contribution is 9.10. The van der Waals surface area contributed by atoms with Gasteiger partial charge in [0.2, 0.25) is 0 Å². The molecule has 2 heterocycles. The molecule has 0 bridgehead atoms. The second-order valence-electron chi connectivity index (χ2n) is 4.01. The molecule has 92 valence electrons. The Labute approximate surface area is 114 Å². The summed E-state index contributed by atoms with van der Waals surface area (Å²) in [5, 5.41) is 6.66. The van der Waals surface area contributed by atoms with E-state index in [-0.39, 0.29) is 0 Å². The van der Waals surface area contributed by atoms with Crippen LogP contribution in [0.1, 0.15) is 32.7 Å². The van der Waals surface area contributed by atoms with E-state index < -0.39 is 0 Å². The molecular weight excluding hydrogens is 298 g/mol. The van der Waals surface area contributed by atoms with Crippen molar-refractivity contribution in [2.24, 2.45) is 0 Å². The number of hydrogen-bond donors (Lipinski definition) is 1. The van der Waals surface area contributed by atoms with Gasteiger partial charge in [-0.05, 0) is 34.8 Å². The van der Waals surface area contributed by atoms with E-state index in [1.807, 2.05) is 16.3 Å². The number of anilines is 1. The van der Waals surface area contributed by atoms with E-state index >= 15 is 0 Å². The quantitative estimate of drug-likeness (QED) is 0.913. The van der Waals surface area contributed by atoms with Crippen molar-refractivity contribution >= 4 is 33.0 Å². The van der Waals surface area contributed by atoms with E-state index in [2.05, 4.69) is 40.9 Å². The average Bonchev–Trinajstić information content (AvgIpc) is 2.87. The molecule has 0 amide bonds. The van der Waals surface area contributed by atoms with Crippen molar-refractivity contribution < 1.29 is 0 Å².